The van der Waals surface area contributed by atoms with E-state index >= 15 is 0 Å². The van der Waals surface area contributed by atoms with Crippen LogP contribution in [0.5, 0.6) is 0 Å². The van der Waals surface area contributed by atoms with Gasteiger partial charge in [-0.15, -0.1) is 0 Å². The van der Waals surface area contributed by atoms with Gasteiger partial charge >= 0.3 is 5.76 Å². The number of H-pyrrole nitrogens is 1. The summed E-state index contributed by atoms with van der Waals surface area (Å²) in [5, 5.41) is 0. The van der Waals surface area contributed by atoms with Crippen LogP contribution in [-0.2, 0) is 11.3 Å². The third kappa shape index (κ3) is 1.81. The monoisotopic (exact) mass is 274 g/mol. The smallest absolute Gasteiger partial charge is 0.408 e. The Morgan fingerprint density at radius 1 is 1.35 bits per heavy atom. The predicted octanol–water partition coefficient (Wildman–Crippen LogP) is 1.88. The van der Waals surface area contributed by atoms with Crippen molar-refractivity contribution in [2.75, 3.05) is 19.8 Å². The van der Waals surface area contributed by atoms with E-state index in [1.54, 1.807) is 0 Å². The Morgan fingerprint density at radius 3 is 3.05 bits per heavy atom. The number of nitrogens with zero attached hydrogens (tertiary/aromatic N) is 1. The molecule has 0 radical (unpaired) electrons. The molecule has 4 rings (SSSR count). The molecule has 0 amide bonds. The average molecular weight is 274 g/mol. The van der Waals surface area contributed by atoms with Gasteiger partial charge in [-0.2, -0.15) is 0 Å². The molecule has 1 N–H and O–H groups in total. The molecule has 2 heterocycles. The van der Waals surface area contributed by atoms with Gasteiger partial charge in [-0.3, -0.25) is 9.88 Å². The largest absolute Gasteiger partial charge is 0.417 e. The van der Waals surface area contributed by atoms with E-state index in [0.29, 0.717) is 5.58 Å². The lowest BCUT2D eigenvalue weighted by Gasteiger charge is -2.52. The van der Waals surface area contributed by atoms with Gasteiger partial charge in [-0.1, -0.05) is 12.1 Å². The third-order valence-corrected chi connectivity index (χ3v) is 4.72. The Kier molecular flexibility index (Phi) is 2.72. The van der Waals surface area contributed by atoms with Crippen molar-refractivity contribution in [2.45, 2.75) is 31.3 Å². The second-order valence-corrected chi connectivity index (χ2v) is 5.86. The van der Waals surface area contributed by atoms with Crippen molar-refractivity contribution in [2.24, 2.45) is 0 Å². The third-order valence-electron chi connectivity index (χ3n) is 4.72. The van der Waals surface area contributed by atoms with Crippen LogP contribution >= 0.6 is 0 Å². The molecule has 1 saturated heterocycles. The second-order valence-electron chi connectivity index (χ2n) is 5.86. The maximum atomic E-state index is 11.4. The summed E-state index contributed by atoms with van der Waals surface area (Å²) in [6, 6.07) is 5.89. The summed E-state index contributed by atoms with van der Waals surface area (Å²) in [6.45, 7) is 3.39. The molecule has 0 atom stereocenters. The first-order valence-electron chi connectivity index (χ1n) is 7.20. The minimum atomic E-state index is -0.382. The summed E-state index contributed by atoms with van der Waals surface area (Å²) in [5.74, 6) is -0.382. The standard InChI is InChI=1S/C15H18N2O3/c18-14-16-12-4-1-3-11(13(12)20-14)9-17-7-8-19-10-15(17)5-2-6-15/h1,3-4H,2,5-10H2,(H,16,18). The Bertz CT molecular complexity index is 684. The molecular weight excluding hydrogens is 256 g/mol. The number of hydrogen-bond donors (Lipinski definition) is 1. The minimum absolute atomic E-state index is 0.219. The van der Waals surface area contributed by atoms with E-state index in [1.165, 1.54) is 19.3 Å². The number of aromatic amines is 1. The highest BCUT2D eigenvalue weighted by molar-refractivity contribution is 5.75. The summed E-state index contributed by atoms with van der Waals surface area (Å²) in [6.07, 6.45) is 3.70. The normalized spacial score (nSPS) is 22.2. The lowest BCUT2D eigenvalue weighted by molar-refractivity contribution is -0.111. The fraction of sp³-hybridized carbons (Fsp3) is 0.533. The van der Waals surface area contributed by atoms with Gasteiger partial charge in [0, 0.05) is 24.2 Å². The molecule has 2 fully saturated rings. The number of rotatable bonds is 2. The van der Waals surface area contributed by atoms with Gasteiger partial charge in [0.2, 0.25) is 0 Å². The number of nitrogens with one attached hydrogen (secondary N) is 1. The van der Waals surface area contributed by atoms with Gasteiger partial charge < -0.3 is 9.15 Å². The molecule has 2 aromatic rings. The quantitative estimate of drug-likeness (QED) is 0.908. The number of para-hydroxylation sites is 1. The average Bonchev–Trinajstić information content (AvgIpc) is 2.79. The van der Waals surface area contributed by atoms with E-state index in [1.807, 2.05) is 18.2 Å². The number of aromatic nitrogens is 1. The van der Waals surface area contributed by atoms with Crippen molar-refractivity contribution in [3.05, 3.63) is 34.3 Å². The zero-order valence-electron chi connectivity index (χ0n) is 11.4. The van der Waals surface area contributed by atoms with Crippen LogP contribution in [0.3, 0.4) is 0 Å². The maximum absolute atomic E-state index is 11.4. The van der Waals surface area contributed by atoms with Gasteiger partial charge in [0.15, 0.2) is 5.58 Å². The first-order valence-corrected chi connectivity index (χ1v) is 7.20. The van der Waals surface area contributed by atoms with Crippen LogP contribution < -0.4 is 5.76 Å². The van der Waals surface area contributed by atoms with Gasteiger partial charge in [-0.25, -0.2) is 4.79 Å². The molecule has 0 bridgehead atoms. The SMILES string of the molecule is O=c1[nH]c2cccc(CN3CCOCC34CCC4)c2o1. The van der Waals surface area contributed by atoms with Crippen LogP contribution in [0.25, 0.3) is 11.1 Å². The Hall–Kier alpha value is -1.59. The molecule has 1 aliphatic carbocycles. The fourth-order valence-corrected chi connectivity index (χ4v) is 3.42. The van der Waals surface area contributed by atoms with Crippen LogP contribution in [0.2, 0.25) is 0 Å². The first-order chi connectivity index (χ1) is 9.77. The number of morpholine rings is 1. The Balaban J connectivity index is 1.68. The number of oxazole rings is 1. The van der Waals surface area contributed by atoms with E-state index in [9.17, 15) is 4.79 Å². The molecule has 20 heavy (non-hydrogen) atoms. The van der Waals surface area contributed by atoms with Crippen molar-refractivity contribution in [1.29, 1.82) is 0 Å². The van der Waals surface area contributed by atoms with Crippen LogP contribution in [0, 0.1) is 0 Å². The van der Waals surface area contributed by atoms with E-state index in [0.717, 1.165) is 37.4 Å². The van der Waals surface area contributed by atoms with E-state index in [4.69, 9.17) is 9.15 Å². The highest BCUT2D eigenvalue weighted by Crippen LogP contribution is 2.40. The van der Waals surface area contributed by atoms with Gasteiger partial charge in [0.1, 0.15) is 0 Å². The molecule has 1 aliphatic heterocycles. The molecule has 1 aromatic carbocycles. The molecule has 106 valence electrons. The number of ether oxygens (including phenoxy) is 1. The van der Waals surface area contributed by atoms with Crippen molar-refractivity contribution < 1.29 is 9.15 Å². The lowest BCUT2D eigenvalue weighted by Crippen LogP contribution is -2.60. The summed E-state index contributed by atoms with van der Waals surface area (Å²) in [5.41, 5.74) is 2.77. The molecule has 5 heteroatoms. The Morgan fingerprint density at radius 2 is 2.25 bits per heavy atom. The summed E-state index contributed by atoms with van der Waals surface area (Å²) in [4.78, 5) is 16.6. The van der Waals surface area contributed by atoms with Gasteiger partial charge in [0.25, 0.3) is 0 Å². The molecule has 1 spiro atoms. The van der Waals surface area contributed by atoms with Crippen LogP contribution in [0.1, 0.15) is 24.8 Å². The number of fused-ring (bicyclic) bond motifs is 1. The number of benzene rings is 1. The first kappa shape index (κ1) is 12.2. The van der Waals surface area contributed by atoms with Crippen LogP contribution in [-0.4, -0.2) is 35.2 Å². The molecule has 5 nitrogen and oxygen atoms in total. The van der Waals surface area contributed by atoms with Gasteiger partial charge in [0.05, 0.1) is 18.7 Å². The Labute approximate surface area is 116 Å². The van der Waals surface area contributed by atoms with Crippen LogP contribution in [0.4, 0.5) is 0 Å². The topological polar surface area (TPSA) is 58.5 Å². The molecule has 0 unspecified atom stereocenters. The zero-order valence-corrected chi connectivity index (χ0v) is 11.4. The molecule has 2 aliphatic rings. The van der Waals surface area contributed by atoms with Crippen molar-refractivity contribution in [1.82, 2.24) is 9.88 Å². The number of hydrogen-bond acceptors (Lipinski definition) is 4. The van der Waals surface area contributed by atoms with E-state index in [2.05, 4.69) is 9.88 Å². The van der Waals surface area contributed by atoms with Crippen molar-refractivity contribution in [3.63, 3.8) is 0 Å². The van der Waals surface area contributed by atoms with E-state index < -0.39 is 0 Å². The summed E-state index contributed by atoms with van der Waals surface area (Å²) in [7, 11) is 0. The van der Waals surface area contributed by atoms with Crippen molar-refractivity contribution >= 4 is 11.1 Å². The lowest BCUT2D eigenvalue weighted by atomic mass is 9.75. The second kappa shape index (κ2) is 4.46. The predicted molar refractivity (Wildman–Crippen MR) is 74.6 cm³/mol. The van der Waals surface area contributed by atoms with Gasteiger partial charge in [-0.05, 0) is 25.3 Å². The van der Waals surface area contributed by atoms with Crippen LogP contribution in [0.15, 0.2) is 27.4 Å². The molecular formula is C15H18N2O3. The van der Waals surface area contributed by atoms with Crippen molar-refractivity contribution in [3.8, 4) is 0 Å². The highest BCUT2D eigenvalue weighted by Gasteiger charge is 2.44. The minimum Gasteiger partial charge on any atom is -0.408 e. The maximum Gasteiger partial charge on any atom is 0.417 e. The fourth-order valence-electron chi connectivity index (χ4n) is 3.42. The van der Waals surface area contributed by atoms with E-state index in [-0.39, 0.29) is 11.3 Å². The zero-order chi connectivity index (χ0) is 13.6. The summed E-state index contributed by atoms with van der Waals surface area (Å²) < 4.78 is 11.0. The summed E-state index contributed by atoms with van der Waals surface area (Å²) >= 11 is 0. The molecule has 1 aromatic heterocycles. The highest BCUT2D eigenvalue weighted by atomic mass is 16.5. The molecule has 1 saturated carbocycles.